The van der Waals surface area contributed by atoms with Gasteiger partial charge in [-0.15, -0.1) is 0 Å². The minimum Gasteiger partial charge on any atom is -0.497 e. The van der Waals surface area contributed by atoms with E-state index in [0.717, 1.165) is 28.4 Å². The summed E-state index contributed by atoms with van der Waals surface area (Å²) in [6.07, 6.45) is 2.04. The number of hydrogen-bond acceptors (Lipinski definition) is 2. The Balaban J connectivity index is 1.85. The molecule has 4 heteroatoms. The van der Waals surface area contributed by atoms with E-state index in [9.17, 15) is 4.39 Å². The number of fused-ring (bicyclic) bond motifs is 3. The molecule has 1 aliphatic rings. The van der Waals surface area contributed by atoms with Crippen molar-refractivity contribution in [1.82, 2.24) is 4.57 Å². The van der Waals surface area contributed by atoms with E-state index in [1.165, 1.54) is 12.1 Å². The van der Waals surface area contributed by atoms with E-state index in [2.05, 4.69) is 16.0 Å². The van der Waals surface area contributed by atoms with Crippen molar-refractivity contribution < 1.29 is 9.13 Å². The largest absolute Gasteiger partial charge is 0.497 e. The molecule has 0 fully saturated rings. The van der Waals surface area contributed by atoms with Crippen LogP contribution < -0.4 is 10.1 Å². The Kier molecular flexibility index (Phi) is 2.89. The highest BCUT2D eigenvalue weighted by Crippen LogP contribution is 2.38. The predicted molar refractivity (Wildman–Crippen MR) is 84.2 cm³/mol. The van der Waals surface area contributed by atoms with Crippen LogP contribution in [-0.2, 0) is 0 Å². The molecule has 1 atom stereocenters. The maximum atomic E-state index is 13.2. The van der Waals surface area contributed by atoms with Gasteiger partial charge in [-0.1, -0.05) is 12.1 Å². The second kappa shape index (κ2) is 4.91. The number of methoxy groups -OCH3 is 1. The summed E-state index contributed by atoms with van der Waals surface area (Å²) in [4.78, 5) is 0. The Morgan fingerprint density at radius 3 is 2.68 bits per heavy atom. The number of ether oxygens (including phenoxy) is 1. The summed E-state index contributed by atoms with van der Waals surface area (Å²) in [6, 6.07) is 16.7. The number of anilines is 1. The Bertz CT molecular complexity index is 823. The van der Waals surface area contributed by atoms with Gasteiger partial charge in [-0.05, 0) is 42.0 Å². The first-order chi connectivity index (χ1) is 10.8. The molecular formula is C18H15FN2O. The summed E-state index contributed by atoms with van der Waals surface area (Å²) in [5.41, 5.74) is 4.23. The fourth-order valence-corrected chi connectivity index (χ4v) is 2.96. The zero-order chi connectivity index (χ0) is 15.1. The van der Waals surface area contributed by atoms with Crippen LogP contribution in [0.2, 0.25) is 0 Å². The SMILES string of the molecule is COc1ccc2c(c1)N[C@@H](c1ccc(F)cc1)c1cccn1-2. The molecule has 1 N–H and O–H groups in total. The lowest BCUT2D eigenvalue weighted by atomic mass is 10.0. The molecule has 4 rings (SSSR count). The summed E-state index contributed by atoms with van der Waals surface area (Å²) in [5.74, 6) is 0.580. The number of benzene rings is 2. The number of aromatic nitrogens is 1. The van der Waals surface area contributed by atoms with Crippen molar-refractivity contribution in [2.75, 3.05) is 12.4 Å². The Hall–Kier alpha value is -2.75. The highest BCUT2D eigenvalue weighted by Gasteiger charge is 2.25. The highest BCUT2D eigenvalue weighted by atomic mass is 19.1. The second-order valence-corrected chi connectivity index (χ2v) is 5.32. The minimum absolute atomic E-state index is 0.0183. The van der Waals surface area contributed by atoms with Crippen molar-refractivity contribution in [2.24, 2.45) is 0 Å². The molecule has 0 unspecified atom stereocenters. The zero-order valence-electron chi connectivity index (χ0n) is 12.1. The van der Waals surface area contributed by atoms with Crippen molar-refractivity contribution in [3.63, 3.8) is 0 Å². The van der Waals surface area contributed by atoms with Gasteiger partial charge in [-0.25, -0.2) is 4.39 Å². The van der Waals surface area contributed by atoms with Crippen LogP contribution in [0.15, 0.2) is 60.8 Å². The van der Waals surface area contributed by atoms with Gasteiger partial charge in [0.25, 0.3) is 0 Å². The third-order valence-corrected chi connectivity index (χ3v) is 4.04. The number of nitrogens with one attached hydrogen (secondary N) is 1. The molecule has 0 saturated carbocycles. The molecule has 0 amide bonds. The number of halogens is 1. The van der Waals surface area contributed by atoms with E-state index in [1.54, 1.807) is 7.11 Å². The van der Waals surface area contributed by atoms with E-state index < -0.39 is 0 Å². The molecule has 3 nitrogen and oxygen atoms in total. The monoisotopic (exact) mass is 294 g/mol. The molecule has 0 aliphatic carbocycles. The molecule has 3 aromatic rings. The molecule has 2 heterocycles. The number of hydrogen-bond donors (Lipinski definition) is 1. The molecule has 110 valence electrons. The third-order valence-electron chi connectivity index (χ3n) is 4.04. The lowest BCUT2D eigenvalue weighted by Crippen LogP contribution is -2.22. The summed E-state index contributed by atoms with van der Waals surface area (Å²) in [6.45, 7) is 0. The Morgan fingerprint density at radius 2 is 1.91 bits per heavy atom. The van der Waals surface area contributed by atoms with Crippen LogP contribution >= 0.6 is 0 Å². The predicted octanol–water partition coefficient (Wildman–Crippen LogP) is 4.14. The van der Waals surface area contributed by atoms with Crippen LogP contribution in [0.1, 0.15) is 17.3 Å². The van der Waals surface area contributed by atoms with Crippen molar-refractivity contribution in [2.45, 2.75) is 6.04 Å². The van der Waals surface area contributed by atoms with Crippen molar-refractivity contribution in [3.05, 3.63) is 77.9 Å². The van der Waals surface area contributed by atoms with Gasteiger partial charge in [0.2, 0.25) is 0 Å². The van der Waals surface area contributed by atoms with Gasteiger partial charge in [-0.3, -0.25) is 0 Å². The normalized spacial score (nSPS) is 15.6. The quantitative estimate of drug-likeness (QED) is 0.768. The van der Waals surface area contributed by atoms with Crippen LogP contribution in [0, 0.1) is 5.82 Å². The summed E-state index contributed by atoms with van der Waals surface area (Å²) < 4.78 is 20.6. The van der Waals surface area contributed by atoms with E-state index in [0.29, 0.717) is 0 Å². The van der Waals surface area contributed by atoms with Crippen molar-refractivity contribution in [1.29, 1.82) is 0 Å². The molecule has 1 aliphatic heterocycles. The standard InChI is InChI=1S/C18H15FN2O/c1-22-14-8-9-16-15(11-14)20-18(17-3-2-10-21(16)17)12-4-6-13(19)7-5-12/h2-11,18,20H,1H3/t18-/m0/s1. The fraction of sp³-hybridized carbons (Fsp3) is 0.111. The molecule has 2 aromatic carbocycles. The highest BCUT2D eigenvalue weighted by molar-refractivity contribution is 5.69. The Labute approximate surface area is 128 Å². The molecule has 22 heavy (non-hydrogen) atoms. The molecular weight excluding hydrogens is 279 g/mol. The van der Waals surface area contributed by atoms with Gasteiger partial charge >= 0.3 is 0 Å². The van der Waals surface area contributed by atoms with Crippen molar-refractivity contribution >= 4 is 5.69 Å². The number of nitrogens with zero attached hydrogens (tertiary/aromatic N) is 1. The number of rotatable bonds is 2. The van der Waals surface area contributed by atoms with Crippen LogP contribution in [-0.4, -0.2) is 11.7 Å². The summed E-state index contributed by atoms with van der Waals surface area (Å²) in [7, 11) is 1.66. The molecule has 0 bridgehead atoms. The van der Waals surface area contributed by atoms with Crippen LogP contribution in [0.3, 0.4) is 0 Å². The smallest absolute Gasteiger partial charge is 0.123 e. The van der Waals surface area contributed by atoms with Crippen LogP contribution in [0.4, 0.5) is 10.1 Å². The zero-order valence-corrected chi connectivity index (χ0v) is 12.1. The van der Waals surface area contributed by atoms with Gasteiger partial charge in [0.05, 0.1) is 24.5 Å². The average molecular weight is 294 g/mol. The second-order valence-electron chi connectivity index (χ2n) is 5.32. The van der Waals surface area contributed by atoms with E-state index >= 15 is 0 Å². The van der Waals surface area contributed by atoms with E-state index in [1.807, 2.05) is 42.6 Å². The summed E-state index contributed by atoms with van der Waals surface area (Å²) in [5, 5.41) is 3.53. The molecule has 1 aromatic heterocycles. The first-order valence-electron chi connectivity index (χ1n) is 7.14. The van der Waals surface area contributed by atoms with Gasteiger partial charge in [0.15, 0.2) is 0 Å². The fourth-order valence-electron chi connectivity index (χ4n) is 2.96. The maximum absolute atomic E-state index is 13.2. The minimum atomic E-state index is -0.225. The average Bonchev–Trinajstić information content (AvgIpc) is 3.04. The summed E-state index contributed by atoms with van der Waals surface area (Å²) >= 11 is 0. The third kappa shape index (κ3) is 1.96. The van der Waals surface area contributed by atoms with E-state index in [-0.39, 0.29) is 11.9 Å². The van der Waals surface area contributed by atoms with Gasteiger partial charge in [0.1, 0.15) is 11.6 Å². The van der Waals surface area contributed by atoms with Gasteiger partial charge < -0.3 is 14.6 Å². The van der Waals surface area contributed by atoms with Gasteiger partial charge in [0, 0.05) is 18.0 Å². The van der Waals surface area contributed by atoms with Crippen LogP contribution in [0.5, 0.6) is 5.75 Å². The first kappa shape index (κ1) is 13.0. The maximum Gasteiger partial charge on any atom is 0.123 e. The molecule has 0 saturated heterocycles. The van der Waals surface area contributed by atoms with Gasteiger partial charge in [-0.2, -0.15) is 0 Å². The lowest BCUT2D eigenvalue weighted by Gasteiger charge is -2.30. The van der Waals surface area contributed by atoms with Crippen molar-refractivity contribution in [3.8, 4) is 11.4 Å². The van der Waals surface area contributed by atoms with E-state index in [4.69, 9.17) is 4.74 Å². The Morgan fingerprint density at radius 1 is 1.09 bits per heavy atom. The lowest BCUT2D eigenvalue weighted by molar-refractivity contribution is 0.415. The first-order valence-corrected chi connectivity index (χ1v) is 7.14. The van der Waals surface area contributed by atoms with Crippen LogP contribution in [0.25, 0.3) is 5.69 Å². The molecule has 0 spiro atoms. The molecule has 0 radical (unpaired) electrons. The topological polar surface area (TPSA) is 26.2 Å².